The molecule has 2 aliphatic rings. The summed E-state index contributed by atoms with van der Waals surface area (Å²) in [6.07, 6.45) is 6.83. The maximum atomic E-state index is 3.89. The molecule has 3 rings (SSSR count). The van der Waals surface area contributed by atoms with Gasteiger partial charge >= 0.3 is 0 Å². The van der Waals surface area contributed by atoms with Crippen LogP contribution in [-0.4, -0.2) is 29.6 Å². The van der Waals surface area contributed by atoms with Gasteiger partial charge in [0.05, 0.1) is 0 Å². The molecule has 1 spiro atoms. The van der Waals surface area contributed by atoms with E-state index in [9.17, 15) is 0 Å². The lowest BCUT2D eigenvalue weighted by Crippen LogP contribution is -2.62. The van der Waals surface area contributed by atoms with Crippen molar-refractivity contribution >= 4 is 11.3 Å². The first kappa shape index (κ1) is 14.6. The third-order valence-corrected chi connectivity index (χ3v) is 6.48. The van der Waals surface area contributed by atoms with Crippen LogP contribution < -0.4 is 5.32 Å². The smallest absolute Gasteiger partial charge is 0.0332 e. The van der Waals surface area contributed by atoms with Crippen LogP contribution in [0.1, 0.15) is 54.3 Å². The zero-order valence-corrected chi connectivity index (χ0v) is 14.0. The second kappa shape index (κ2) is 5.78. The number of aryl methyl sites for hydroxylation is 2. The number of hydrogen-bond donors (Lipinski definition) is 1. The van der Waals surface area contributed by atoms with Crippen LogP contribution in [0.2, 0.25) is 0 Å². The Balaban J connectivity index is 1.73. The molecular weight excluding hydrogens is 264 g/mol. The molecule has 1 saturated carbocycles. The summed E-state index contributed by atoms with van der Waals surface area (Å²) in [5, 5.41) is 3.89. The average Bonchev–Trinajstić information content (AvgIpc) is 2.98. The zero-order chi connectivity index (χ0) is 14.2. The van der Waals surface area contributed by atoms with Crippen LogP contribution >= 0.6 is 11.3 Å². The molecule has 1 aromatic heterocycles. The van der Waals surface area contributed by atoms with Crippen LogP contribution in [0.5, 0.6) is 0 Å². The number of nitrogens with zero attached hydrogens (tertiary/aromatic N) is 1. The highest BCUT2D eigenvalue weighted by Gasteiger charge is 2.40. The third kappa shape index (κ3) is 2.81. The molecule has 2 nitrogen and oxygen atoms in total. The summed E-state index contributed by atoms with van der Waals surface area (Å²) in [5.74, 6) is 0. The van der Waals surface area contributed by atoms with Crippen molar-refractivity contribution < 1.29 is 0 Å². The van der Waals surface area contributed by atoms with Crippen molar-refractivity contribution in [3.05, 3.63) is 21.4 Å². The van der Waals surface area contributed by atoms with Crippen LogP contribution in [0.3, 0.4) is 0 Å². The topological polar surface area (TPSA) is 15.3 Å². The van der Waals surface area contributed by atoms with Gasteiger partial charge in [0.1, 0.15) is 0 Å². The maximum absolute atomic E-state index is 3.89. The summed E-state index contributed by atoms with van der Waals surface area (Å²) in [6.45, 7) is 10.4. The molecule has 1 aliphatic carbocycles. The first-order valence-electron chi connectivity index (χ1n) is 8.17. The van der Waals surface area contributed by atoms with Crippen LogP contribution in [-0.2, 0) is 6.54 Å². The van der Waals surface area contributed by atoms with Gasteiger partial charge < -0.3 is 5.32 Å². The first-order valence-corrected chi connectivity index (χ1v) is 8.98. The van der Waals surface area contributed by atoms with Gasteiger partial charge in [-0.1, -0.05) is 19.8 Å². The minimum absolute atomic E-state index is 0.438. The molecule has 0 amide bonds. The standard InChI is InChI=1S/C17H28N2S/c1-4-15-10-18-17(7-5-6-8-17)12-19(15)11-16-9-13(2)14(3)20-16/h9,15,18H,4-8,10-12H2,1-3H3. The SMILES string of the molecule is CCC1CNC2(CCCC2)CN1Cc1cc(C)c(C)s1. The Morgan fingerprint density at radius 3 is 2.70 bits per heavy atom. The van der Waals surface area contributed by atoms with Crippen LogP contribution in [0, 0.1) is 13.8 Å². The monoisotopic (exact) mass is 292 g/mol. The summed E-state index contributed by atoms with van der Waals surface area (Å²) in [4.78, 5) is 5.79. The Bertz CT molecular complexity index is 440. The van der Waals surface area contributed by atoms with Gasteiger partial charge in [0.15, 0.2) is 0 Å². The Morgan fingerprint density at radius 1 is 1.35 bits per heavy atom. The van der Waals surface area contributed by atoms with Crippen LogP contribution in [0.4, 0.5) is 0 Å². The lowest BCUT2D eigenvalue weighted by molar-refractivity contribution is 0.0727. The lowest BCUT2D eigenvalue weighted by Gasteiger charge is -2.46. The summed E-state index contributed by atoms with van der Waals surface area (Å²) >= 11 is 1.99. The minimum Gasteiger partial charge on any atom is -0.308 e. The van der Waals surface area contributed by atoms with E-state index in [4.69, 9.17) is 0 Å². The van der Waals surface area contributed by atoms with Gasteiger partial charge in [-0.3, -0.25) is 4.90 Å². The van der Waals surface area contributed by atoms with E-state index in [1.54, 1.807) is 4.88 Å². The van der Waals surface area contributed by atoms with E-state index in [0.29, 0.717) is 11.6 Å². The molecule has 1 atom stereocenters. The van der Waals surface area contributed by atoms with Crippen molar-refractivity contribution in [1.29, 1.82) is 0 Å². The molecule has 2 heterocycles. The molecular formula is C17H28N2S. The quantitative estimate of drug-likeness (QED) is 0.910. The molecule has 1 aliphatic heterocycles. The van der Waals surface area contributed by atoms with E-state index in [1.807, 2.05) is 11.3 Å². The summed E-state index contributed by atoms with van der Waals surface area (Å²) < 4.78 is 0. The van der Waals surface area contributed by atoms with Crippen molar-refractivity contribution in [2.24, 2.45) is 0 Å². The van der Waals surface area contributed by atoms with Gasteiger partial charge in [0.25, 0.3) is 0 Å². The molecule has 0 bridgehead atoms. The molecule has 1 unspecified atom stereocenters. The predicted molar refractivity (Wildman–Crippen MR) is 87.5 cm³/mol. The third-order valence-electron chi connectivity index (χ3n) is 5.34. The highest BCUT2D eigenvalue weighted by atomic mass is 32.1. The number of piperazine rings is 1. The van der Waals surface area contributed by atoms with E-state index in [1.165, 1.54) is 55.6 Å². The molecule has 112 valence electrons. The fourth-order valence-electron chi connectivity index (χ4n) is 3.94. The summed E-state index contributed by atoms with van der Waals surface area (Å²) in [6, 6.07) is 3.11. The van der Waals surface area contributed by atoms with Crippen molar-refractivity contribution in [3.63, 3.8) is 0 Å². The maximum Gasteiger partial charge on any atom is 0.0332 e. The molecule has 3 heteroatoms. The number of nitrogens with one attached hydrogen (secondary N) is 1. The number of thiophene rings is 1. The normalized spacial score (nSPS) is 26.4. The Kier molecular flexibility index (Phi) is 4.21. The van der Waals surface area contributed by atoms with Gasteiger partial charge in [-0.05, 0) is 44.7 Å². The van der Waals surface area contributed by atoms with Crippen molar-refractivity contribution in [2.75, 3.05) is 13.1 Å². The summed E-state index contributed by atoms with van der Waals surface area (Å²) in [7, 11) is 0. The Morgan fingerprint density at radius 2 is 2.10 bits per heavy atom. The molecule has 1 saturated heterocycles. The lowest BCUT2D eigenvalue weighted by atomic mass is 9.91. The van der Waals surface area contributed by atoms with Gasteiger partial charge in [-0.2, -0.15) is 0 Å². The average molecular weight is 292 g/mol. The number of rotatable bonds is 3. The van der Waals surface area contributed by atoms with Crippen molar-refractivity contribution in [1.82, 2.24) is 10.2 Å². The van der Waals surface area contributed by atoms with E-state index in [0.717, 1.165) is 6.54 Å². The van der Waals surface area contributed by atoms with E-state index < -0.39 is 0 Å². The van der Waals surface area contributed by atoms with E-state index in [2.05, 4.69) is 37.1 Å². The number of hydrogen-bond acceptors (Lipinski definition) is 3. The van der Waals surface area contributed by atoms with Gasteiger partial charge in [0.2, 0.25) is 0 Å². The van der Waals surface area contributed by atoms with Gasteiger partial charge in [0, 0.05) is 41.0 Å². The zero-order valence-electron chi connectivity index (χ0n) is 13.2. The Labute approximate surface area is 127 Å². The van der Waals surface area contributed by atoms with Crippen molar-refractivity contribution in [3.8, 4) is 0 Å². The summed E-state index contributed by atoms with van der Waals surface area (Å²) in [5.41, 5.74) is 1.90. The fourth-order valence-corrected chi connectivity index (χ4v) is 5.02. The minimum atomic E-state index is 0.438. The molecule has 0 aromatic carbocycles. The fraction of sp³-hybridized carbons (Fsp3) is 0.765. The molecule has 20 heavy (non-hydrogen) atoms. The predicted octanol–water partition coefficient (Wildman–Crippen LogP) is 3.86. The van der Waals surface area contributed by atoms with Gasteiger partial charge in [-0.25, -0.2) is 0 Å². The molecule has 1 N–H and O–H groups in total. The highest BCUT2D eigenvalue weighted by Crippen LogP contribution is 2.34. The second-order valence-corrected chi connectivity index (χ2v) is 8.13. The second-order valence-electron chi connectivity index (χ2n) is 6.79. The largest absolute Gasteiger partial charge is 0.308 e. The van der Waals surface area contributed by atoms with E-state index >= 15 is 0 Å². The molecule has 1 aromatic rings. The molecule has 0 radical (unpaired) electrons. The van der Waals surface area contributed by atoms with Gasteiger partial charge in [-0.15, -0.1) is 11.3 Å². The first-order chi connectivity index (χ1) is 9.62. The highest BCUT2D eigenvalue weighted by molar-refractivity contribution is 7.12. The van der Waals surface area contributed by atoms with Crippen LogP contribution in [0.15, 0.2) is 6.07 Å². The van der Waals surface area contributed by atoms with Crippen LogP contribution in [0.25, 0.3) is 0 Å². The Hall–Kier alpha value is -0.380. The van der Waals surface area contributed by atoms with E-state index in [-0.39, 0.29) is 0 Å². The molecule has 2 fully saturated rings. The van der Waals surface area contributed by atoms with Crippen molar-refractivity contribution in [2.45, 2.75) is 71.0 Å².